The number of benzene rings is 1. The largest absolute Gasteiger partial charge is 0.369 e. The van der Waals surface area contributed by atoms with Gasteiger partial charge in [-0.25, -0.2) is 0 Å². The number of nitrogens with two attached hydrogens (primary N) is 1. The van der Waals surface area contributed by atoms with Crippen molar-refractivity contribution in [2.24, 2.45) is 10.7 Å². The summed E-state index contributed by atoms with van der Waals surface area (Å²) in [7, 11) is 0. The number of rotatable bonds is 1. The number of nitrogens with zero attached hydrogens (tertiary/aromatic N) is 2. The molecule has 1 saturated heterocycles. The predicted octanol–water partition coefficient (Wildman–Crippen LogP) is 2.74. The van der Waals surface area contributed by atoms with Gasteiger partial charge in [-0.1, -0.05) is 30.7 Å². The van der Waals surface area contributed by atoms with Crippen LogP contribution in [0.3, 0.4) is 0 Å². The van der Waals surface area contributed by atoms with Crippen molar-refractivity contribution >= 4 is 35.0 Å². The molecule has 3 nitrogen and oxygen atoms in total. The molecule has 2 N–H and O–H groups in total. The van der Waals surface area contributed by atoms with Crippen LogP contribution in [-0.2, 0) is 0 Å². The Morgan fingerprint density at radius 2 is 2.28 bits per heavy atom. The molecule has 2 heterocycles. The molecule has 0 saturated carbocycles. The monoisotopic (exact) mass is 281 g/mol. The van der Waals surface area contributed by atoms with Crippen molar-refractivity contribution < 1.29 is 0 Å². The molecule has 18 heavy (non-hydrogen) atoms. The molecule has 0 bridgehead atoms. The Morgan fingerprint density at radius 3 is 2.94 bits per heavy atom. The molecule has 96 valence electrons. The number of halogens is 1. The highest BCUT2D eigenvalue weighted by Crippen LogP contribution is 2.46. The molecule has 2 aliphatic rings. The quantitative estimate of drug-likeness (QED) is 0.861. The molecule has 1 fully saturated rings. The van der Waals surface area contributed by atoms with E-state index in [1.165, 1.54) is 0 Å². The van der Waals surface area contributed by atoms with Crippen LogP contribution in [0.1, 0.15) is 13.3 Å². The van der Waals surface area contributed by atoms with Crippen LogP contribution in [0.5, 0.6) is 0 Å². The van der Waals surface area contributed by atoms with Gasteiger partial charge in [0.15, 0.2) is 5.96 Å². The first-order valence-corrected chi connectivity index (χ1v) is 7.54. The van der Waals surface area contributed by atoms with Gasteiger partial charge in [0.25, 0.3) is 0 Å². The van der Waals surface area contributed by atoms with Crippen LogP contribution in [0.25, 0.3) is 0 Å². The molecular formula is C13H16ClN3S. The van der Waals surface area contributed by atoms with Crippen molar-refractivity contribution in [1.29, 1.82) is 0 Å². The summed E-state index contributed by atoms with van der Waals surface area (Å²) in [6.07, 6.45) is 1.11. The van der Waals surface area contributed by atoms with Gasteiger partial charge in [-0.15, -0.1) is 0 Å². The molecule has 1 aromatic rings. The minimum absolute atomic E-state index is 0.0136. The molecule has 5 heteroatoms. The zero-order valence-electron chi connectivity index (χ0n) is 10.3. The fraction of sp³-hybridized carbons (Fsp3) is 0.462. The predicted molar refractivity (Wildman–Crippen MR) is 79.7 cm³/mol. The van der Waals surface area contributed by atoms with Gasteiger partial charge in [-0.3, -0.25) is 4.99 Å². The summed E-state index contributed by atoms with van der Waals surface area (Å²) in [5.74, 6) is 1.75. The van der Waals surface area contributed by atoms with E-state index in [1.807, 2.05) is 36.0 Å². The summed E-state index contributed by atoms with van der Waals surface area (Å²) in [6, 6.07) is 7.86. The van der Waals surface area contributed by atoms with Crippen molar-refractivity contribution in [1.82, 2.24) is 0 Å². The standard InChI is InChI=1S/C13H16ClN3S/c1-9-13(6-7-18-9)8-16-12(15)17(13)11-5-3-2-4-10(11)14/h2-5,9H,6-8H2,1H3,(H2,15,16). The normalized spacial score (nSPS) is 31.1. The number of hydrogen-bond acceptors (Lipinski definition) is 4. The van der Waals surface area contributed by atoms with Crippen LogP contribution in [-0.4, -0.2) is 29.0 Å². The first-order valence-electron chi connectivity index (χ1n) is 6.11. The Morgan fingerprint density at radius 1 is 1.50 bits per heavy atom. The highest BCUT2D eigenvalue weighted by atomic mass is 35.5. The highest BCUT2D eigenvalue weighted by molar-refractivity contribution is 8.00. The third kappa shape index (κ3) is 1.62. The topological polar surface area (TPSA) is 41.6 Å². The number of anilines is 1. The van der Waals surface area contributed by atoms with Crippen LogP contribution in [0, 0.1) is 0 Å². The van der Waals surface area contributed by atoms with Gasteiger partial charge in [0.2, 0.25) is 0 Å². The minimum atomic E-state index is 0.0136. The average Bonchev–Trinajstić information content (AvgIpc) is 2.87. The van der Waals surface area contributed by atoms with E-state index in [0.717, 1.165) is 29.4 Å². The first kappa shape index (κ1) is 12.2. The van der Waals surface area contributed by atoms with Crippen molar-refractivity contribution in [2.45, 2.75) is 24.1 Å². The number of hydrogen-bond donors (Lipinski definition) is 1. The second-order valence-electron chi connectivity index (χ2n) is 4.83. The highest BCUT2D eigenvalue weighted by Gasteiger charge is 2.50. The van der Waals surface area contributed by atoms with Gasteiger partial charge < -0.3 is 10.6 Å². The summed E-state index contributed by atoms with van der Waals surface area (Å²) in [6.45, 7) is 3.04. The van der Waals surface area contributed by atoms with E-state index in [2.05, 4.69) is 16.8 Å². The zero-order valence-corrected chi connectivity index (χ0v) is 11.8. The van der Waals surface area contributed by atoms with Gasteiger partial charge >= 0.3 is 0 Å². The minimum Gasteiger partial charge on any atom is -0.369 e. The number of guanidine groups is 1. The third-order valence-corrected chi connectivity index (χ3v) is 5.64. The van der Waals surface area contributed by atoms with Gasteiger partial charge in [0.05, 0.1) is 22.8 Å². The average molecular weight is 282 g/mol. The Kier molecular flexibility index (Phi) is 2.94. The Bertz CT molecular complexity index is 505. The summed E-state index contributed by atoms with van der Waals surface area (Å²) >= 11 is 8.31. The second kappa shape index (κ2) is 4.35. The number of aliphatic imine (C=N–C) groups is 1. The Hall–Kier alpha value is -0.870. The molecule has 2 atom stereocenters. The van der Waals surface area contributed by atoms with Crippen molar-refractivity contribution in [3.05, 3.63) is 29.3 Å². The smallest absolute Gasteiger partial charge is 0.196 e. The molecular weight excluding hydrogens is 266 g/mol. The van der Waals surface area contributed by atoms with E-state index in [4.69, 9.17) is 17.3 Å². The van der Waals surface area contributed by atoms with E-state index in [9.17, 15) is 0 Å². The van der Waals surface area contributed by atoms with Crippen molar-refractivity contribution in [3.63, 3.8) is 0 Å². The lowest BCUT2D eigenvalue weighted by atomic mass is 9.91. The van der Waals surface area contributed by atoms with E-state index in [0.29, 0.717) is 11.2 Å². The van der Waals surface area contributed by atoms with E-state index < -0.39 is 0 Å². The lowest BCUT2D eigenvalue weighted by molar-refractivity contribution is 0.460. The molecule has 1 spiro atoms. The fourth-order valence-corrected chi connectivity index (χ4v) is 4.51. The van der Waals surface area contributed by atoms with Crippen molar-refractivity contribution in [2.75, 3.05) is 17.2 Å². The summed E-state index contributed by atoms with van der Waals surface area (Å²) in [5, 5.41) is 1.25. The molecule has 1 aromatic carbocycles. The third-order valence-electron chi connectivity index (χ3n) is 3.94. The van der Waals surface area contributed by atoms with Crippen LogP contribution in [0.15, 0.2) is 29.3 Å². The summed E-state index contributed by atoms with van der Waals surface area (Å²) in [5.41, 5.74) is 7.10. The Labute approximate surface area is 116 Å². The lowest BCUT2D eigenvalue weighted by Crippen LogP contribution is -2.55. The lowest BCUT2D eigenvalue weighted by Gasteiger charge is -2.39. The maximum atomic E-state index is 6.32. The SMILES string of the molecule is CC1SCCC12CN=C(N)N2c1ccccc1Cl. The van der Waals surface area contributed by atoms with E-state index >= 15 is 0 Å². The number of para-hydroxylation sites is 1. The van der Waals surface area contributed by atoms with Gasteiger partial charge in [-0.05, 0) is 24.3 Å². The van der Waals surface area contributed by atoms with Crippen LogP contribution in [0.2, 0.25) is 5.02 Å². The van der Waals surface area contributed by atoms with Crippen LogP contribution in [0.4, 0.5) is 5.69 Å². The molecule has 2 unspecified atom stereocenters. The molecule has 0 radical (unpaired) electrons. The van der Waals surface area contributed by atoms with Crippen LogP contribution >= 0.6 is 23.4 Å². The second-order valence-corrected chi connectivity index (χ2v) is 6.68. The summed E-state index contributed by atoms with van der Waals surface area (Å²) < 4.78 is 0. The van der Waals surface area contributed by atoms with Gasteiger partial charge in [-0.2, -0.15) is 11.8 Å². The zero-order chi connectivity index (χ0) is 12.8. The summed E-state index contributed by atoms with van der Waals surface area (Å²) in [4.78, 5) is 6.62. The molecule has 0 amide bonds. The molecule has 2 aliphatic heterocycles. The maximum absolute atomic E-state index is 6.32. The van der Waals surface area contributed by atoms with E-state index in [-0.39, 0.29) is 5.54 Å². The van der Waals surface area contributed by atoms with Crippen molar-refractivity contribution in [3.8, 4) is 0 Å². The number of thioether (sulfide) groups is 1. The Balaban J connectivity index is 2.08. The maximum Gasteiger partial charge on any atom is 0.196 e. The van der Waals surface area contributed by atoms with E-state index in [1.54, 1.807) is 0 Å². The molecule has 0 aromatic heterocycles. The molecule has 0 aliphatic carbocycles. The fourth-order valence-electron chi connectivity index (χ4n) is 2.86. The van der Waals surface area contributed by atoms with Gasteiger partial charge in [0, 0.05) is 5.25 Å². The first-order chi connectivity index (χ1) is 8.65. The molecule has 3 rings (SSSR count). The van der Waals surface area contributed by atoms with Gasteiger partial charge in [0.1, 0.15) is 0 Å². The van der Waals surface area contributed by atoms with Crippen LogP contribution < -0.4 is 10.6 Å².